The number of carbonyl (C=O) groups excluding carboxylic acids is 1. The zero-order valence-electron chi connectivity index (χ0n) is 9.85. The number of aromatic nitrogens is 1. The third kappa shape index (κ3) is 2.37. The Morgan fingerprint density at radius 2 is 2.00 bits per heavy atom. The van der Waals surface area contributed by atoms with Crippen molar-refractivity contribution in [1.29, 1.82) is 0 Å². The van der Waals surface area contributed by atoms with Crippen LogP contribution in [0.4, 0.5) is 8.78 Å². The summed E-state index contributed by atoms with van der Waals surface area (Å²) in [5, 5.41) is 9.25. The topological polar surface area (TPSA) is 59.4 Å². The van der Waals surface area contributed by atoms with Gasteiger partial charge < -0.3 is 9.84 Å². The average Bonchev–Trinajstić information content (AvgIpc) is 2.43. The van der Waals surface area contributed by atoms with Crippen LogP contribution in [0.5, 0.6) is 5.75 Å². The van der Waals surface area contributed by atoms with Crippen molar-refractivity contribution in [3.63, 3.8) is 0 Å². The number of nitrogens with zero attached hydrogens (tertiary/aromatic N) is 1. The summed E-state index contributed by atoms with van der Waals surface area (Å²) in [5.74, 6) is -3.43. The van der Waals surface area contributed by atoms with Crippen LogP contribution in [0.25, 0.3) is 11.3 Å². The molecule has 2 aromatic rings. The number of pyridine rings is 1. The molecule has 98 valence electrons. The van der Waals surface area contributed by atoms with Gasteiger partial charge in [0.15, 0.2) is 11.6 Å². The van der Waals surface area contributed by atoms with Crippen molar-refractivity contribution in [3.8, 4) is 17.0 Å². The zero-order chi connectivity index (χ0) is 14.0. The summed E-state index contributed by atoms with van der Waals surface area (Å²) in [6.07, 6.45) is 0. The molecule has 6 heteroatoms. The highest BCUT2D eigenvalue weighted by molar-refractivity contribution is 5.87. The summed E-state index contributed by atoms with van der Waals surface area (Å²) >= 11 is 0. The van der Waals surface area contributed by atoms with Gasteiger partial charge in [-0.1, -0.05) is 6.07 Å². The normalized spacial score (nSPS) is 10.3. The first-order valence-corrected chi connectivity index (χ1v) is 5.27. The molecule has 1 heterocycles. The second kappa shape index (κ2) is 5.01. The molecule has 1 aromatic heterocycles. The zero-order valence-corrected chi connectivity index (χ0v) is 9.85. The minimum atomic E-state index is -1.13. The maximum atomic E-state index is 13.7. The number of methoxy groups -OCH3 is 1. The van der Waals surface area contributed by atoms with Crippen LogP contribution < -0.4 is 0 Å². The van der Waals surface area contributed by atoms with Crippen molar-refractivity contribution in [2.24, 2.45) is 0 Å². The molecule has 0 atom stereocenters. The highest BCUT2D eigenvalue weighted by atomic mass is 19.1. The lowest BCUT2D eigenvalue weighted by Crippen LogP contribution is -2.05. The molecule has 0 spiro atoms. The molecule has 0 unspecified atom stereocenters. The molecule has 0 saturated carbocycles. The number of benzene rings is 1. The van der Waals surface area contributed by atoms with Crippen LogP contribution in [0.2, 0.25) is 0 Å². The van der Waals surface area contributed by atoms with E-state index in [4.69, 9.17) is 0 Å². The number of ether oxygens (including phenoxy) is 1. The Morgan fingerprint density at radius 1 is 1.26 bits per heavy atom. The Bertz CT molecular complexity index is 644. The van der Waals surface area contributed by atoms with E-state index in [0.717, 1.165) is 12.1 Å². The Morgan fingerprint density at radius 3 is 2.68 bits per heavy atom. The van der Waals surface area contributed by atoms with E-state index in [9.17, 15) is 18.7 Å². The number of hydrogen-bond donors (Lipinski definition) is 1. The number of esters is 1. The molecule has 4 nitrogen and oxygen atoms in total. The quantitative estimate of drug-likeness (QED) is 0.847. The first-order valence-electron chi connectivity index (χ1n) is 5.27. The number of carbonyl (C=O) groups is 1. The van der Waals surface area contributed by atoms with Gasteiger partial charge in [0.05, 0.1) is 18.4 Å². The maximum absolute atomic E-state index is 13.7. The SMILES string of the molecule is COC(=O)c1cccc(-c2c(F)ccc(O)c2F)n1. The molecule has 0 aliphatic heterocycles. The molecule has 2 rings (SSSR count). The molecule has 1 aromatic carbocycles. The molecule has 0 bridgehead atoms. The minimum absolute atomic E-state index is 0.0813. The van der Waals surface area contributed by atoms with Crippen LogP contribution in [0, 0.1) is 11.6 Å². The van der Waals surface area contributed by atoms with Gasteiger partial charge in [0, 0.05) is 0 Å². The van der Waals surface area contributed by atoms with Crippen molar-refractivity contribution < 1.29 is 23.4 Å². The fraction of sp³-hybridized carbons (Fsp3) is 0.0769. The third-order valence-electron chi connectivity index (χ3n) is 2.47. The lowest BCUT2D eigenvalue weighted by molar-refractivity contribution is 0.0594. The molecular weight excluding hydrogens is 256 g/mol. The Hall–Kier alpha value is -2.50. The highest BCUT2D eigenvalue weighted by Crippen LogP contribution is 2.30. The van der Waals surface area contributed by atoms with Gasteiger partial charge in [0.25, 0.3) is 0 Å². The van der Waals surface area contributed by atoms with Gasteiger partial charge in [-0.2, -0.15) is 0 Å². The number of phenolic OH excluding ortho intramolecular Hbond substituents is 1. The molecular formula is C13H9F2NO3. The average molecular weight is 265 g/mol. The molecule has 0 aliphatic carbocycles. The van der Waals surface area contributed by atoms with E-state index in [1.54, 1.807) is 0 Å². The first-order chi connectivity index (χ1) is 9.04. The number of halogens is 2. The van der Waals surface area contributed by atoms with E-state index in [1.807, 2.05) is 0 Å². The van der Waals surface area contributed by atoms with Crippen LogP contribution in [-0.2, 0) is 4.74 Å². The largest absolute Gasteiger partial charge is 0.505 e. The van der Waals surface area contributed by atoms with Crippen molar-refractivity contribution in [2.45, 2.75) is 0 Å². The first kappa shape index (κ1) is 12.9. The Kier molecular flexibility index (Phi) is 3.41. The van der Waals surface area contributed by atoms with E-state index in [-0.39, 0.29) is 11.4 Å². The van der Waals surface area contributed by atoms with E-state index in [0.29, 0.717) is 0 Å². The predicted octanol–water partition coefficient (Wildman–Crippen LogP) is 2.52. The van der Waals surface area contributed by atoms with Crippen molar-refractivity contribution in [2.75, 3.05) is 7.11 Å². The van der Waals surface area contributed by atoms with Gasteiger partial charge in [-0.05, 0) is 24.3 Å². The monoisotopic (exact) mass is 265 g/mol. The molecule has 1 N–H and O–H groups in total. The molecule has 0 fully saturated rings. The molecule has 0 aliphatic rings. The van der Waals surface area contributed by atoms with Gasteiger partial charge in [0.1, 0.15) is 11.5 Å². The molecule has 0 saturated heterocycles. The fourth-order valence-electron chi connectivity index (χ4n) is 1.57. The summed E-state index contributed by atoms with van der Waals surface area (Å²) < 4.78 is 31.8. The van der Waals surface area contributed by atoms with E-state index >= 15 is 0 Å². The maximum Gasteiger partial charge on any atom is 0.356 e. The van der Waals surface area contributed by atoms with Crippen molar-refractivity contribution in [3.05, 3.63) is 47.7 Å². The fourth-order valence-corrected chi connectivity index (χ4v) is 1.57. The van der Waals surface area contributed by atoms with Crippen LogP contribution >= 0.6 is 0 Å². The van der Waals surface area contributed by atoms with E-state index in [1.165, 1.54) is 25.3 Å². The number of aromatic hydroxyl groups is 1. The van der Waals surface area contributed by atoms with Gasteiger partial charge >= 0.3 is 5.97 Å². The predicted molar refractivity (Wildman–Crippen MR) is 62.6 cm³/mol. The number of rotatable bonds is 2. The summed E-state index contributed by atoms with van der Waals surface area (Å²) in [7, 11) is 1.17. The van der Waals surface area contributed by atoms with Crippen LogP contribution in [0.3, 0.4) is 0 Å². The van der Waals surface area contributed by atoms with Crippen LogP contribution in [0.15, 0.2) is 30.3 Å². The molecule has 19 heavy (non-hydrogen) atoms. The van der Waals surface area contributed by atoms with Gasteiger partial charge in [0.2, 0.25) is 0 Å². The number of phenols is 1. The summed E-state index contributed by atoms with van der Waals surface area (Å²) in [6.45, 7) is 0. The van der Waals surface area contributed by atoms with Gasteiger partial charge in [-0.25, -0.2) is 18.6 Å². The number of hydrogen-bond acceptors (Lipinski definition) is 4. The summed E-state index contributed by atoms with van der Waals surface area (Å²) in [5.41, 5.74) is -0.679. The Labute approximate surface area is 107 Å². The van der Waals surface area contributed by atoms with Crippen molar-refractivity contribution >= 4 is 5.97 Å². The molecule has 0 amide bonds. The lowest BCUT2D eigenvalue weighted by Gasteiger charge is -2.07. The van der Waals surface area contributed by atoms with Gasteiger partial charge in [-0.15, -0.1) is 0 Å². The summed E-state index contributed by atoms with van der Waals surface area (Å²) in [6, 6.07) is 5.91. The third-order valence-corrected chi connectivity index (χ3v) is 2.47. The lowest BCUT2D eigenvalue weighted by atomic mass is 10.1. The highest BCUT2D eigenvalue weighted by Gasteiger charge is 2.18. The second-order valence-electron chi connectivity index (χ2n) is 3.66. The smallest absolute Gasteiger partial charge is 0.356 e. The van der Waals surface area contributed by atoms with E-state index < -0.39 is 28.9 Å². The standard InChI is InChI=1S/C13H9F2NO3/c1-19-13(18)9-4-2-3-8(16-9)11-7(14)5-6-10(17)12(11)15/h2-6,17H,1H3. The van der Waals surface area contributed by atoms with Crippen molar-refractivity contribution in [1.82, 2.24) is 4.98 Å². The Balaban J connectivity index is 2.60. The molecule has 0 radical (unpaired) electrons. The van der Waals surface area contributed by atoms with Crippen LogP contribution in [0.1, 0.15) is 10.5 Å². The minimum Gasteiger partial charge on any atom is -0.505 e. The van der Waals surface area contributed by atoms with Crippen LogP contribution in [-0.4, -0.2) is 23.2 Å². The second-order valence-corrected chi connectivity index (χ2v) is 3.66. The van der Waals surface area contributed by atoms with E-state index in [2.05, 4.69) is 9.72 Å². The van der Waals surface area contributed by atoms with Gasteiger partial charge in [-0.3, -0.25) is 0 Å². The summed E-state index contributed by atoms with van der Waals surface area (Å²) in [4.78, 5) is 15.1.